The molecule has 1 unspecified atom stereocenters. The Morgan fingerprint density at radius 2 is 2.00 bits per heavy atom. The monoisotopic (exact) mass is 195 g/mol. The summed E-state index contributed by atoms with van der Waals surface area (Å²) in [6.07, 6.45) is 0.969. The van der Waals surface area contributed by atoms with Crippen molar-refractivity contribution in [1.82, 2.24) is 5.32 Å². The van der Waals surface area contributed by atoms with Crippen molar-refractivity contribution in [2.45, 2.75) is 40.2 Å². The third-order valence-electron chi connectivity index (χ3n) is 2.43. The van der Waals surface area contributed by atoms with Gasteiger partial charge in [0.2, 0.25) is 0 Å². The van der Waals surface area contributed by atoms with Crippen LogP contribution in [0.4, 0.5) is 0 Å². The molecule has 14 heavy (non-hydrogen) atoms. The Balaban J connectivity index is 2.76. The number of furan rings is 1. The Hall–Kier alpha value is -0.760. The minimum Gasteiger partial charge on any atom is -0.464 e. The summed E-state index contributed by atoms with van der Waals surface area (Å²) in [7, 11) is 0. The van der Waals surface area contributed by atoms with Gasteiger partial charge in [-0.2, -0.15) is 0 Å². The molecule has 2 heteroatoms. The van der Waals surface area contributed by atoms with Gasteiger partial charge in [0.15, 0.2) is 0 Å². The molecule has 0 aliphatic carbocycles. The van der Waals surface area contributed by atoms with Crippen LogP contribution in [-0.4, -0.2) is 6.54 Å². The van der Waals surface area contributed by atoms with Gasteiger partial charge < -0.3 is 9.73 Å². The molecular formula is C12H21NO. The second-order valence-corrected chi connectivity index (χ2v) is 3.94. The molecule has 1 atom stereocenters. The molecule has 0 fully saturated rings. The molecule has 80 valence electrons. The van der Waals surface area contributed by atoms with Crippen LogP contribution in [0.15, 0.2) is 16.5 Å². The summed E-state index contributed by atoms with van der Waals surface area (Å²) < 4.78 is 5.75. The van der Waals surface area contributed by atoms with Crippen molar-refractivity contribution in [3.63, 3.8) is 0 Å². The summed E-state index contributed by atoms with van der Waals surface area (Å²) in [5, 5.41) is 3.44. The average Bonchev–Trinajstić information content (AvgIpc) is 2.61. The first kappa shape index (κ1) is 11.3. The number of nitrogens with one attached hydrogen (secondary N) is 1. The second-order valence-electron chi connectivity index (χ2n) is 3.94. The fourth-order valence-corrected chi connectivity index (χ4v) is 1.64. The van der Waals surface area contributed by atoms with Gasteiger partial charge in [-0.3, -0.25) is 0 Å². The van der Waals surface area contributed by atoms with E-state index in [0.717, 1.165) is 24.5 Å². The van der Waals surface area contributed by atoms with Crippen LogP contribution in [0.1, 0.15) is 45.3 Å². The van der Waals surface area contributed by atoms with Crippen LogP contribution in [0.3, 0.4) is 0 Å². The van der Waals surface area contributed by atoms with Crippen LogP contribution >= 0.6 is 0 Å². The van der Waals surface area contributed by atoms with E-state index in [1.807, 2.05) is 0 Å². The summed E-state index contributed by atoms with van der Waals surface area (Å²) >= 11 is 0. The highest BCUT2D eigenvalue weighted by Crippen LogP contribution is 2.23. The maximum atomic E-state index is 5.75. The predicted octanol–water partition coefficient (Wildman–Crippen LogP) is 3.15. The van der Waals surface area contributed by atoms with Gasteiger partial charge in [-0.25, -0.2) is 0 Å². The molecule has 2 nitrogen and oxygen atoms in total. The Morgan fingerprint density at radius 3 is 2.43 bits per heavy atom. The number of hydrogen-bond acceptors (Lipinski definition) is 2. The molecule has 0 bridgehead atoms. The van der Waals surface area contributed by atoms with E-state index >= 15 is 0 Å². The number of aryl methyl sites for hydroxylation is 1. The van der Waals surface area contributed by atoms with E-state index in [4.69, 9.17) is 4.42 Å². The summed E-state index contributed by atoms with van der Waals surface area (Å²) in [4.78, 5) is 0. The first-order valence-electron chi connectivity index (χ1n) is 5.51. The fourth-order valence-electron chi connectivity index (χ4n) is 1.64. The Kier molecular flexibility index (Phi) is 4.21. The van der Waals surface area contributed by atoms with Gasteiger partial charge in [0.25, 0.3) is 0 Å². The minimum absolute atomic E-state index is 0.347. The average molecular weight is 195 g/mol. The van der Waals surface area contributed by atoms with Gasteiger partial charge in [0.1, 0.15) is 11.5 Å². The van der Waals surface area contributed by atoms with Gasteiger partial charge >= 0.3 is 0 Å². The van der Waals surface area contributed by atoms with Gasteiger partial charge in [-0.15, -0.1) is 0 Å². The molecular weight excluding hydrogens is 174 g/mol. The summed E-state index contributed by atoms with van der Waals surface area (Å²) in [5.41, 5.74) is 0. The highest BCUT2D eigenvalue weighted by atomic mass is 16.3. The molecule has 0 aliphatic rings. The molecule has 0 radical (unpaired) electrons. The summed E-state index contributed by atoms with van der Waals surface area (Å²) in [5.74, 6) is 2.70. The lowest BCUT2D eigenvalue weighted by Gasteiger charge is -2.19. The molecule has 0 amide bonds. The Labute approximate surface area is 86.7 Å². The van der Waals surface area contributed by atoms with E-state index < -0.39 is 0 Å². The fraction of sp³-hybridized carbons (Fsp3) is 0.667. The predicted molar refractivity (Wildman–Crippen MR) is 59.3 cm³/mol. The topological polar surface area (TPSA) is 25.2 Å². The van der Waals surface area contributed by atoms with Gasteiger partial charge in [-0.1, -0.05) is 27.7 Å². The lowest BCUT2D eigenvalue weighted by molar-refractivity contribution is 0.337. The first-order chi connectivity index (χ1) is 6.69. The van der Waals surface area contributed by atoms with Crippen molar-refractivity contribution in [2.24, 2.45) is 5.92 Å². The quantitative estimate of drug-likeness (QED) is 0.780. The second kappa shape index (κ2) is 5.20. The molecule has 1 aromatic heterocycles. The lowest BCUT2D eigenvalue weighted by Crippen LogP contribution is -2.24. The summed E-state index contributed by atoms with van der Waals surface area (Å²) in [6.45, 7) is 9.63. The molecule has 1 N–H and O–H groups in total. The van der Waals surface area contributed by atoms with E-state index in [2.05, 4.69) is 45.1 Å². The standard InChI is InChI=1S/C12H21NO/c1-5-10-7-8-11(14-10)12(9(3)4)13-6-2/h7-9,12-13H,5-6H2,1-4H3. The van der Waals surface area contributed by atoms with Gasteiger partial charge in [0, 0.05) is 6.42 Å². The van der Waals surface area contributed by atoms with Gasteiger partial charge in [-0.05, 0) is 24.6 Å². The SMILES string of the molecule is CCNC(c1ccc(CC)o1)C(C)C. The summed E-state index contributed by atoms with van der Waals surface area (Å²) in [6, 6.07) is 4.51. The third kappa shape index (κ3) is 2.61. The molecule has 1 rings (SSSR count). The van der Waals surface area contributed by atoms with Crippen molar-refractivity contribution in [2.75, 3.05) is 6.54 Å². The van der Waals surface area contributed by atoms with E-state index in [1.54, 1.807) is 0 Å². The highest BCUT2D eigenvalue weighted by molar-refractivity contribution is 5.11. The van der Waals surface area contributed by atoms with Crippen molar-refractivity contribution in [3.05, 3.63) is 23.7 Å². The largest absolute Gasteiger partial charge is 0.464 e. The van der Waals surface area contributed by atoms with Crippen LogP contribution in [0, 0.1) is 5.92 Å². The minimum atomic E-state index is 0.347. The number of hydrogen-bond donors (Lipinski definition) is 1. The molecule has 0 saturated carbocycles. The van der Waals surface area contributed by atoms with Crippen molar-refractivity contribution in [1.29, 1.82) is 0 Å². The normalized spacial score (nSPS) is 13.5. The zero-order valence-electron chi connectivity index (χ0n) is 9.63. The van der Waals surface area contributed by atoms with E-state index in [-0.39, 0.29) is 0 Å². The van der Waals surface area contributed by atoms with Crippen molar-refractivity contribution in [3.8, 4) is 0 Å². The third-order valence-corrected chi connectivity index (χ3v) is 2.43. The Morgan fingerprint density at radius 1 is 1.29 bits per heavy atom. The van der Waals surface area contributed by atoms with Crippen LogP contribution in [0.25, 0.3) is 0 Å². The molecule has 1 heterocycles. The van der Waals surface area contributed by atoms with E-state index in [1.165, 1.54) is 0 Å². The number of rotatable bonds is 5. The van der Waals surface area contributed by atoms with E-state index in [0.29, 0.717) is 12.0 Å². The maximum Gasteiger partial charge on any atom is 0.121 e. The van der Waals surface area contributed by atoms with Crippen molar-refractivity contribution >= 4 is 0 Å². The molecule has 1 aromatic rings. The molecule has 0 aromatic carbocycles. The van der Waals surface area contributed by atoms with Crippen LogP contribution in [0.2, 0.25) is 0 Å². The smallest absolute Gasteiger partial charge is 0.121 e. The molecule has 0 saturated heterocycles. The highest BCUT2D eigenvalue weighted by Gasteiger charge is 2.17. The van der Waals surface area contributed by atoms with Crippen molar-refractivity contribution < 1.29 is 4.42 Å². The zero-order valence-corrected chi connectivity index (χ0v) is 9.63. The van der Waals surface area contributed by atoms with Crippen LogP contribution in [-0.2, 0) is 6.42 Å². The van der Waals surface area contributed by atoms with Crippen LogP contribution in [0.5, 0.6) is 0 Å². The maximum absolute atomic E-state index is 5.75. The first-order valence-corrected chi connectivity index (χ1v) is 5.51. The Bertz CT molecular complexity index is 265. The van der Waals surface area contributed by atoms with Gasteiger partial charge in [0.05, 0.1) is 6.04 Å². The molecule has 0 spiro atoms. The zero-order chi connectivity index (χ0) is 10.6. The van der Waals surface area contributed by atoms with Crippen LogP contribution < -0.4 is 5.32 Å². The molecule has 0 aliphatic heterocycles. The van der Waals surface area contributed by atoms with E-state index in [9.17, 15) is 0 Å². The lowest BCUT2D eigenvalue weighted by atomic mass is 10.0.